The number of hydrogen-bond acceptors (Lipinski definition) is 1. The lowest BCUT2D eigenvalue weighted by atomic mass is 9.68. The van der Waals surface area contributed by atoms with Crippen LogP contribution in [0.15, 0.2) is 18.2 Å². The first-order valence-electron chi connectivity index (χ1n) is 11.4. The van der Waals surface area contributed by atoms with Crippen LogP contribution in [0.3, 0.4) is 0 Å². The molecule has 2 saturated carbocycles. The number of hydrogen-bond donors (Lipinski definition) is 0. The van der Waals surface area contributed by atoms with E-state index >= 15 is 0 Å². The molecule has 1 aromatic carbocycles. The normalized spacial score (nSPS) is 33.3. The molecule has 0 bridgehead atoms. The highest BCUT2D eigenvalue weighted by molar-refractivity contribution is 6.32. The highest BCUT2D eigenvalue weighted by Crippen LogP contribution is 2.43. The molecule has 1 unspecified atom stereocenters. The number of rotatable bonds is 6. The lowest BCUT2D eigenvalue weighted by molar-refractivity contribution is 0.152. The fraction of sp³-hybridized carbons (Fsp3) is 0.680. The van der Waals surface area contributed by atoms with Crippen LogP contribution in [0.1, 0.15) is 88.4 Å². The average Bonchev–Trinajstić information content (AvgIpc) is 3.56. The molecule has 3 aliphatic rings. The summed E-state index contributed by atoms with van der Waals surface area (Å²) in [7, 11) is 0. The lowest BCUT2D eigenvalue weighted by Crippen LogP contribution is -2.25. The van der Waals surface area contributed by atoms with E-state index in [4.69, 9.17) is 16.3 Å². The molecule has 3 fully saturated rings. The molecular formula is C25H34ClFO. The van der Waals surface area contributed by atoms with Crippen LogP contribution in [-0.2, 0) is 4.74 Å². The molecule has 0 radical (unpaired) electrons. The number of allylic oxidation sites excluding steroid dienone is 1. The maximum atomic E-state index is 14.4. The SMILES string of the molecule is CCCC1CCC(C2CCC(/C=C/c3ccc(C4CO4)c(F)c3Cl)CC2)CC1. The molecule has 0 aromatic heterocycles. The summed E-state index contributed by atoms with van der Waals surface area (Å²) in [6.07, 6.45) is 18.1. The van der Waals surface area contributed by atoms with Crippen molar-refractivity contribution in [2.75, 3.05) is 6.61 Å². The molecule has 4 rings (SSSR count). The quantitative estimate of drug-likeness (QED) is 0.438. The Morgan fingerprint density at radius 3 is 2.29 bits per heavy atom. The van der Waals surface area contributed by atoms with E-state index in [0.29, 0.717) is 18.1 Å². The van der Waals surface area contributed by atoms with Crippen molar-refractivity contribution in [1.82, 2.24) is 0 Å². The molecule has 1 aliphatic heterocycles. The first kappa shape index (κ1) is 20.4. The standard InChI is InChI=1S/C25H34ClFO/c1-2-3-17-4-9-19(10-5-17)20-11-6-18(7-12-20)8-13-21-14-15-22(23-16-28-23)25(27)24(21)26/h8,13-15,17-20,23H,2-7,9-12,16H2,1H3/b13-8+. The van der Waals surface area contributed by atoms with Gasteiger partial charge in [0, 0.05) is 5.56 Å². The molecule has 0 amide bonds. The summed E-state index contributed by atoms with van der Waals surface area (Å²) in [6.45, 7) is 2.92. The van der Waals surface area contributed by atoms with E-state index in [1.807, 2.05) is 18.2 Å². The molecule has 1 saturated heterocycles. The number of epoxide rings is 1. The Hall–Kier alpha value is -0.860. The van der Waals surface area contributed by atoms with E-state index in [0.717, 1.165) is 23.3 Å². The fourth-order valence-corrected chi connectivity index (χ4v) is 5.82. The van der Waals surface area contributed by atoms with Gasteiger partial charge in [0.2, 0.25) is 0 Å². The van der Waals surface area contributed by atoms with Gasteiger partial charge in [-0.3, -0.25) is 0 Å². The van der Waals surface area contributed by atoms with Gasteiger partial charge in [-0.15, -0.1) is 0 Å². The second-order valence-electron chi connectivity index (χ2n) is 9.30. The predicted octanol–water partition coefficient (Wildman–Crippen LogP) is 7.98. The van der Waals surface area contributed by atoms with Crippen molar-refractivity contribution in [3.63, 3.8) is 0 Å². The maximum Gasteiger partial charge on any atom is 0.148 e. The van der Waals surface area contributed by atoms with Crippen molar-refractivity contribution in [2.45, 2.75) is 77.2 Å². The van der Waals surface area contributed by atoms with Gasteiger partial charge in [0.05, 0.1) is 11.6 Å². The molecule has 3 heteroatoms. The Morgan fingerprint density at radius 2 is 1.68 bits per heavy atom. The topological polar surface area (TPSA) is 12.5 Å². The number of halogens is 2. The Bertz CT molecular complexity index is 680. The predicted molar refractivity (Wildman–Crippen MR) is 115 cm³/mol. The van der Waals surface area contributed by atoms with Crippen molar-refractivity contribution in [3.8, 4) is 0 Å². The fourth-order valence-electron chi connectivity index (χ4n) is 5.59. The Kier molecular flexibility index (Phi) is 6.78. The minimum atomic E-state index is -0.311. The largest absolute Gasteiger partial charge is 0.368 e. The Balaban J connectivity index is 1.27. The van der Waals surface area contributed by atoms with Gasteiger partial charge < -0.3 is 4.74 Å². The summed E-state index contributed by atoms with van der Waals surface area (Å²) in [5, 5.41) is 0.238. The van der Waals surface area contributed by atoms with Crippen molar-refractivity contribution >= 4 is 17.7 Å². The average molecular weight is 405 g/mol. The minimum Gasteiger partial charge on any atom is -0.368 e. The molecule has 28 heavy (non-hydrogen) atoms. The van der Waals surface area contributed by atoms with E-state index < -0.39 is 0 Å². The van der Waals surface area contributed by atoms with Crippen LogP contribution in [0.25, 0.3) is 6.08 Å². The highest BCUT2D eigenvalue weighted by Gasteiger charge is 2.31. The van der Waals surface area contributed by atoms with Gasteiger partial charge in [0.15, 0.2) is 0 Å². The van der Waals surface area contributed by atoms with Crippen LogP contribution in [0, 0.1) is 29.5 Å². The zero-order valence-electron chi connectivity index (χ0n) is 17.1. The zero-order valence-corrected chi connectivity index (χ0v) is 17.9. The Morgan fingerprint density at radius 1 is 1.04 bits per heavy atom. The summed E-state index contributed by atoms with van der Waals surface area (Å²) in [6, 6.07) is 3.75. The molecule has 2 aliphatic carbocycles. The van der Waals surface area contributed by atoms with Crippen molar-refractivity contribution in [2.24, 2.45) is 23.7 Å². The molecular weight excluding hydrogens is 371 g/mol. The van der Waals surface area contributed by atoms with Crippen LogP contribution in [0.5, 0.6) is 0 Å². The second kappa shape index (κ2) is 9.30. The van der Waals surface area contributed by atoms with Gasteiger partial charge in [-0.1, -0.05) is 68.5 Å². The van der Waals surface area contributed by atoms with Crippen molar-refractivity contribution in [3.05, 3.63) is 40.2 Å². The van der Waals surface area contributed by atoms with Crippen LogP contribution in [0.2, 0.25) is 5.02 Å². The van der Waals surface area contributed by atoms with Gasteiger partial charge in [0.1, 0.15) is 11.9 Å². The number of ether oxygens (including phenoxy) is 1. The van der Waals surface area contributed by atoms with E-state index in [1.165, 1.54) is 64.2 Å². The summed E-state index contributed by atoms with van der Waals surface area (Å²) in [5.41, 5.74) is 1.39. The van der Waals surface area contributed by atoms with Crippen LogP contribution < -0.4 is 0 Å². The molecule has 1 atom stereocenters. The molecule has 1 aromatic rings. The third kappa shape index (κ3) is 4.82. The molecule has 1 heterocycles. The van der Waals surface area contributed by atoms with Gasteiger partial charge in [-0.05, 0) is 67.8 Å². The lowest BCUT2D eigenvalue weighted by Gasteiger charge is -2.37. The summed E-state index contributed by atoms with van der Waals surface area (Å²) in [4.78, 5) is 0. The maximum absolute atomic E-state index is 14.4. The van der Waals surface area contributed by atoms with Crippen LogP contribution in [-0.4, -0.2) is 6.61 Å². The van der Waals surface area contributed by atoms with Gasteiger partial charge in [-0.2, -0.15) is 0 Å². The van der Waals surface area contributed by atoms with E-state index in [9.17, 15) is 4.39 Å². The van der Waals surface area contributed by atoms with Crippen LogP contribution in [0.4, 0.5) is 4.39 Å². The van der Waals surface area contributed by atoms with Crippen molar-refractivity contribution < 1.29 is 9.13 Å². The zero-order chi connectivity index (χ0) is 19.5. The third-order valence-corrected chi connectivity index (χ3v) is 7.83. The second-order valence-corrected chi connectivity index (χ2v) is 9.68. The first-order valence-corrected chi connectivity index (χ1v) is 11.8. The van der Waals surface area contributed by atoms with Gasteiger partial charge >= 0.3 is 0 Å². The first-order chi connectivity index (χ1) is 13.7. The summed E-state index contributed by atoms with van der Waals surface area (Å²) in [5.74, 6) is 3.21. The molecule has 154 valence electrons. The van der Waals surface area contributed by atoms with E-state index in [-0.39, 0.29) is 16.9 Å². The third-order valence-electron chi connectivity index (χ3n) is 7.44. The Labute approximate surface area is 174 Å². The summed E-state index contributed by atoms with van der Waals surface area (Å²) >= 11 is 6.26. The number of benzene rings is 1. The molecule has 0 N–H and O–H groups in total. The van der Waals surface area contributed by atoms with E-state index in [1.54, 1.807) is 0 Å². The molecule has 0 spiro atoms. The molecule has 1 nitrogen and oxygen atoms in total. The van der Waals surface area contributed by atoms with Gasteiger partial charge in [-0.25, -0.2) is 4.39 Å². The van der Waals surface area contributed by atoms with E-state index in [2.05, 4.69) is 13.0 Å². The van der Waals surface area contributed by atoms with Crippen LogP contribution >= 0.6 is 11.6 Å². The summed E-state index contributed by atoms with van der Waals surface area (Å²) < 4.78 is 19.6. The van der Waals surface area contributed by atoms with Gasteiger partial charge in [0.25, 0.3) is 0 Å². The van der Waals surface area contributed by atoms with Crippen molar-refractivity contribution in [1.29, 1.82) is 0 Å². The monoisotopic (exact) mass is 404 g/mol. The highest BCUT2D eigenvalue weighted by atomic mass is 35.5. The smallest absolute Gasteiger partial charge is 0.148 e. The minimum absolute atomic E-state index is 0.0946.